The van der Waals surface area contributed by atoms with Crippen LogP contribution in [0.15, 0.2) is 49.0 Å². The van der Waals surface area contributed by atoms with E-state index in [2.05, 4.69) is 17.2 Å². The van der Waals surface area contributed by atoms with Gasteiger partial charge in [0.2, 0.25) is 5.91 Å². The first-order valence-corrected chi connectivity index (χ1v) is 9.58. The van der Waals surface area contributed by atoms with Gasteiger partial charge in [-0.3, -0.25) is 4.79 Å². The molecule has 6 heteroatoms. The highest BCUT2D eigenvalue weighted by Crippen LogP contribution is 2.34. The summed E-state index contributed by atoms with van der Waals surface area (Å²) in [4.78, 5) is 26.0. The van der Waals surface area contributed by atoms with Gasteiger partial charge in [0, 0.05) is 18.7 Å². The molecule has 152 valence electrons. The molecule has 0 unspecified atom stereocenters. The molecule has 29 heavy (non-hydrogen) atoms. The lowest BCUT2D eigenvalue weighted by atomic mass is 9.92. The van der Waals surface area contributed by atoms with Crippen LogP contribution in [-0.2, 0) is 10.3 Å². The van der Waals surface area contributed by atoms with Crippen molar-refractivity contribution in [2.24, 2.45) is 0 Å². The molecule has 1 aliphatic rings. The molecule has 0 bridgehead atoms. The van der Waals surface area contributed by atoms with Gasteiger partial charge in [-0.2, -0.15) is 0 Å². The number of nitrogens with zero attached hydrogens (tertiary/aromatic N) is 1. The number of fused-ring (bicyclic) bond motifs is 1. The average Bonchev–Trinajstić information content (AvgIpc) is 2.66. The van der Waals surface area contributed by atoms with Gasteiger partial charge in [-0.05, 0) is 50.1 Å². The van der Waals surface area contributed by atoms with E-state index in [1.807, 2.05) is 45.0 Å². The number of anilines is 2. The summed E-state index contributed by atoms with van der Waals surface area (Å²) < 4.78 is 5.66. The fourth-order valence-corrected chi connectivity index (χ4v) is 3.32. The van der Waals surface area contributed by atoms with E-state index >= 15 is 0 Å². The number of ether oxygens (including phenoxy) is 1. The Labute approximate surface area is 171 Å². The number of urea groups is 1. The molecule has 2 aromatic carbocycles. The Morgan fingerprint density at radius 3 is 2.59 bits per heavy atom. The van der Waals surface area contributed by atoms with Crippen molar-refractivity contribution < 1.29 is 14.3 Å². The molecule has 0 radical (unpaired) electrons. The Bertz CT molecular complexity index is 966. The number of benzene rings is 2. The number of allylic oxidation sites excluding steroid dienone is 1. The van der Waals surface area contributed by atoms with Crippen LogP contribution >= 0.6 is 0 Å². The molecule has 1 aliphatic heterocycles. The molecule has 0 spiro atoms. The van der Waals surface area contributed by atoms with Gasteiger partial charge in [-0.25, -0.2) is 4.79 Å². The summed E-state index contributed by atoms with van der Waals surface area (Å²) in [6.07, 6.45) is 0. The second-order valence-corrected chi connectivity index (χ2v) is 7.77. The van der Waals surface area contributed by atoms with Crippen LogP contribution in [-0.4, -0.2) is 25.1 Å². The molecule has 0 aromatic heterocycles. The van der Waals surface area contributed by atoms with Crippen molar-refractivity contribution in [2.75, 3.05) is 23.4 Å². The van der Waals surface area contributed by atoms with Crippen molar-refractivity contribution in [3.8, 4) is 5.75 Å². The van der Waals surface area contributed by atoms with E-state index in [4.69, 9.17) is 4.74 Å². The zero-order chi connectivity index (χ0) is 21.2. The van der Waals surface area contributed by atoms with Gasteiger partial charge in [-0.1, -0.05) is 30.4 Å². The number of hydrogen-bond donors (Lipinski definition) is 2. The van der Waals surface area contributed by atoms with E-state index in [9.17, 15) is 9.59 Å². The third-order valence-electron chi connectivity index (χ3n) is 4.96. The first-order valence-electron chi connectivity index (χ1n) is 9.58. The molecule has 2 aromatic rings. The van der Waals surface area contributed by atoms with Gasteiger partial charge in [-0.15, -0.1) is 0 Å². The van der Waals surface area contributed by atoms with Crippen LogP contribution in [0.1, 0.15) is 38.8 Å². The van der Waals surface area contributed by atoms with Crippen LogP contribution in [0, 0.1) is 0 Å². The lowest BCUT2D eigenvalue weighted by Gasteiger charge is -2.29. The Morgan fingerprint density at radius 2 is 1.90 bits per heavy atom. The summed E-state index contributed by atoms with van der Waals surface area (Å²) in [6, 6.07) is 12.9. The maximum atomic E-state index is 12.6. The molecule has 0 saturated heterocycles. The van der Waals surface area contributed by atoms with Gasteiger partial charge in [0.15, 0.2) is 0 Å². The molecular formula is C23H27N3O3. The first kappa shape index (κ1) is 20.5. The minimum absolute atomic E-state index is 0.0354. The molecule has 2 N–H and O–H groups in total. The standard InChI is InChI=1S/C23H27N3O3/c1-15(2)17-7-6-8-18(13-17)23(4,5)25-22(28)24-19-9-10-20-21(14-19)29-12-11-26(20)16(3)27/h6-10,13-14H,1,11-12H2,2-5H3,(H2,24,25,28). The second kappa shape index (κ2) is 7.99. The van der Waals surface area contributed by atoms with Crippen molar-refractivity contribution >= 4 is 28.9 Å². The highest BCUT2D eigenvalue weighted by atomic mass is 16.5. The van der Waals surface area contributed by atoms with E-state index in [0.717, 1.165) is 16.7 Å². The Kier molecular flexibility index (Phi) is 5.64. The minimum Gasteiger partial charge on any atom is -0.489 e. The van der Waals surface area contributed by atoms with Crippen molar-refractivity contribution in [1.29, 1.82) is 0 Å². The molecule has 0 aliphatic carbocycles. The predicted octanol–water partition coefficient (Wildman–Crippen LogP) is 4.52. The number of hydrogen-bond acceptors (Lipinski definition) is 3. The largest absolute Gasteiger partial charge is 0.489 e. The second-order valence-electron chi connectivity index (χ2n) is 7.77. The predicted molar refractivity (Wildman–Crippen MR) is 116 cm³/mol. The summed E-state index contributed by atoms with van der Waals surface area (Å²) >= 11 is 0. The van der Waals surface area contributed by atoms with Crippen molar-refractivity contribution in [1.82, 2.24) is 5.32 Å². The Balaban J connectivity index is 1.73. The van der Waals surface area contributed by atoms with E-state index in [0.29, 0.717) is 30.3 Å². The molecule has 0 atom stereocenters. The normalized spacial score (nSPS) is 13.2. The summed E-state index contributed by atoms with van der Waals surface area (Å²) in [6.45, 7) is 12.3. The number of nitrogens with one attached hydrogen (secondary N) is 2. The molecular weight excluding hydrogens is 366 g/mol. The van der Waals surface area contributed by atoms with E-state index in [1.54, 1.807) is 23.1 Å². The van der Waals surface area contributed by atoms with Gasteiger partial charge >= 0.3 is 6.03 Å². The number of amides is 3. The van der Waals surface area contributed by atoms with Crippen LogP contribution in [0.2, 0.25) is 0 Å². The van der Waals surface area contributed by atoms with Crippen LogP contribution in [0.25, 0.3) is 5.57 Å². The van der Waals surface area contributed by atoms with Crippen LogP contribution in [0.3, 0.4) is 0 Å². The zero-order valence-corrected chi connectivity index (χ0v) is 17.3. The third-order valence-corrected chi connectivity index (χ3v) is 4.96. The highest BCUT2D eigenvalue weighted by Gasteiger charge is 2.24. The fraction of sp³-hybridized carbons (Fsp3) is 0.304. The van der Waals surface area contributed by atoms with Crippen LogP contribution in [0.4, 0.5) is 16.2 Å². The minimum atomic E-state index is -0.578. The smallest absolute Gasteiger partial charge is 0.319 e. The molecule has 6 nitrogen and oxygen atoms in total. The molecule has 0 saturated carbocycles. The number of rotatable bonds is 4. The van der Waals surface area contributed by atoms with Crippen molar-refractivity contribution in [3.63, 3.8) is 0 Å². The molecule has 1 heterocycles. The maximum Gasteiger partial charge on any atom is 0.319 e. The number of carbonyl (C=O) groups excluding carboxylic acids is 2. The first-order chi connectivity index (χ1) is 13.7. The lowest BCUT2D eigenvalue weighted by molar-refractivity contribution is -0.116. The Hall–Kier alpha value is -3.28. The van der Waals surface area contributed by atoms with E-state index < -0.39 is 5.54 Å². The van der Waals surface area contributed by atoms with Gasteiger partial charge in [0.25, 0.3) is 0 Å². The molecule has 3 rings (SSSR count). The number of carbonyl (C=O) groups is 2. The van der Waals surface area contributed by atoms with Crippen molar-refractivity contribution in [2.45, 2.75) is 33.2 Å². The van der Waals surface area contributed by atoms with Crippen LogP contribution < -0.4 is 20.3 Å². The topological polar surface area (TPSA) is 70.7 Å². The quantitative estimate of drug-likeness (QED) is 0.802. The lowest BCUT2D eigenvalue weighted by Crippen LogP contribution is -2.43. The van der Waals surface area contributed by atoms with Crippen molar-refractivity contribution in [3.05, 3.63) is 60.2 Å². The zero-order valence-electron chi connectivity index (χ0n) is 17.3. The molecule has 0 fully saturated rings. The van der Waals surface area contributed by atoms with Crippen LogP contribution in [0.5, 0.6) is 5.75 Å². The summed E-state index contributed by atoms with van der Waals surface area (Å²) in [5, 5.41) is 5.86. The maximum absolute atomic E-state index is 12.6. The molecule has 3 amide bonds. The summed E-state index contributed by atoms with van der Waals surface area (Å²) in [5.74, 6) is 0.546. The SMILES string of the molecule is C=C(C)c1cccc(C(C)(C)NC(=O)Nc2ccc3c(c2)OCCN3C(C)=O)c1. The van der Waals surface area contributed by atoms with E-state index in [1.165, 1.54) is 6.92 Å². The van der Waals surface area contributed by atoms with Gasteiger partial charge in [0.05, 0.1) is 17.8 Å². The fourth-order valence-electron chi connectivity index (χ4n) is 3.32. The summed E-state index contributed by atoms with van der Waals surface area (Å²) in [7, 11) is 0. The highest BCUT2D eigenvalue weighted by molar-refractivity contribution is 5.95. The summed E-state index contributed by atoms with van der Waals surface area (Å²) in [5.41, 5.74) is 3.73. The Morgan fingerprint density at radius 1 is 1.14 bits per heavy atom. The van der Waals surface area contributed by atoms with Gasteiger partial charge in [0.1, 0.15) is 12.4 Å². The third kappa shape index (κ3) is 4.59. The van der Waals surface area contributed by atoms with Gasteiger partial charge < -0.3 is 20.3 Å². The monoisotopic (exact) mass is 393 g/mol. The average molecular weight is 393 g/mol. The van der Waals surface area contributed by atoms with E-state index in [-0.39, 0.29) is 11.9 Å².